The lowest BCUT2D eigenvalue weighted by atomic mass is 10.2. The molecule has 2 aromatic heterocycles. The van der Waals surface area contributed by atoms with Crippen molar-refractivity contribution < 1.29 is 18.0 Å². The fourth-order valence-electron chi connectivity index (χ4n) is 1.93. The van der Waals surface area contributed by atoms with E-state index in [1.165, 1.54) is 15.6 Å². The molecule has 0 aromatic carbocycles. The van der Waals surface area contributed by atoms with Gasteiger partial charge in [0, 0.05) is 20.6 Å². The van der Waals surface area contributed by atoms with Gasteiger partial charge in [-0.1, -0.05) is 6.07 Å². The van der Waals surface area contributed by atoms with Gasteiger partial charge < -0.3 is 4.90 Å². The average Bonchev–Trinajstić information content (AvgIpc) is 2.90. The Balaban J connectivity index is 2.50. The van der Waals surface area contributed by atoms with E-state index in [1.54, 1.807) is 33.2 Å². The molecule has 0 saturated heterocycles. The Morgan fingerprint density at radius 1 is 1.32 bits per heavy atom. The van der Waals surface area contributed by atoms with Gasteiger partial charge in [0.15, 0.2) is 5.69 Å². The molecule has 0 aliphatic heterocycles. The summed E-state index contributed by atoms with van der Waals surface area (Å²) in [5.74, 6) is -0.319. The Bertz CT molecular complexity index is 692. The van der Waals surface area contributed by atoms with Crippen LogP contribution >= 0.6 is 0 Å². The van der Waals surface area contributed by atoms with Gasteiger partial charge in [0.2, 0.25) is 0 Å². The number of aryl methyl sites for hydroxylation is 1. The number of hydrogen-bond donors (Lipinski definition) is 0. The van der Waals surface area contributed by atoms with Crippen LogP contribution < -0.4 is 0 Å². The van der Waals surface area contributed by atoms with E-state index in [2.05, 4.69) is 10.1 Å². The van der Waals surface area contributed by atoms with Gasteiger partial charge in [-0.2, -0.15) is 18.3 Å². The van der Waals surface area contributed by atoms with Crippen molar-refractivity contribution in [3.63, 3.8) is 0 Å². The lowest BCUT2D eigenvalue weighted by Crippen LogP contribution is -2.22. The first-order valence-corrected chi connectivity index (χ1v) is 6.58. The van der Waals surface area contributed by atoms with E-state index in [1.807, 2.05) is 0 Å². The number of alkyl halides is 3. The van der Waals surface area contributed by atoms with Gasteiger partial charge >= 0.3 is 6.18 Å². The van der Waals surface area contributed by atoms with Crippen LogP contribution in [0.2, 0.25) is 0 Å². The number of aromatic nitrogens is 3. The molecule has 2 heterocycles. The molecule has 0 unspecified atom stereocenters. The van der Waals surface area contributed by atoms with Crippen LogP contribution in [0.3, 0.4) is 0 Å². The number of amides is 1. The summed E-state index contributed by atoms with van der Waals surface area (Å²) in [6, 6.07) is 5.59. The molecule has 0 bridgehead atoms. The first-order valence-electron chi connectivity index (χ1n) is 6.58. The normalized spacial score (nSPS) is 11.5. The minimum atomic E-state index is -4.52. The molecular weight excluding hydrogens is 297 g/mol. The van der Waals surface area contributed by atoms with Gasteiger partial charge in [-0.15, -0.1) is 0 Å². The summed E-state index contributed by atoms with van der Waals surface area (Å²) in [6.07, 6.45) is -4.52. The molecule has 0 N–H and O–H groups in total. The Labute approximate surface area is 125 Å². The summed E-state index contributed by atoms with van der Waals surface area (Å²) in [4.78, 5) is 17.4. The smallest absolute Gasteiger partial charge is 0.343 e. The number of hydrogen-bond acceptors (Lipinski definition) is 3. The topological polar surface area (TPSA) is 51.0 Å². The van der Waals surface area contributed by atoms with Crippen LogP contribution in [0.1, 0.15) is 23.1 Å². The summed E-state index contributed by atoms with van der Waals surface area (Å²) >= 11 is 0. The quantitative estimate of drug-likeness (QED) is 0.875. The zero-order chi connectivity index (χ0) is 16.5. The Kier molecular flexibility index (Phi) is 4.20. The van der Waals surface area contributed by atoms with Gasteiger partial charge in [0.05, 0.1) is 11.4 Å². The van der Waals surface area contributed by atoms with Gasteiger partial charge in [0.25, 0.3) is 5.91 Å². The number of carbonyl (C=O) groups excluding carboxylic acids is 1. The van der Waals surface area contributed by atoms with Crippen molar-refractivity contribution in [1.82, 2.24) is 19.7 Å². The van der Waals surface area contributed by atoms with Crippen LogP contribution in [0.5, 0.6) is 0 Å². The summed E-state index contributed by atoms with van der Waals surface area (Å²) < 4.78 is 39.6. The highest BCUT2D eigenvalue weighted by Gasteiger charge is 2.35. The molecule has 0 aliphatic carbocycles. The standard InChI is InChI=1S/C14H15F3N4O/c1-4-21-11(8-12(19-21)14(15,16)17)9-6-5-7-10(18-9)13(22)20(2)3/h5-8H,4H2,1-3H3. The predicted octanol–water partition coefficient (Wildman–Crippen LogP) is 2.69. The van der Waals surface area contributed by atoms with Crippen molar-refractivity contribution in [1.29, 1.82) is 0 Å². The molecule has 0 aliphatic rings. The lowest BCUT2D eigenvalue weighted by Gasteiger charge is -2.10. The van der Waals surface area contributed by atoms with Crippen molar-refractivity contribution in [3.05, 3.63) is 35.7 Å². The van der Waals surface area contributed by atoms with Crippen LogP contribution in [0.25, 0.3) is 11.4 Å². The Morgan fingerprint density at radius 3 is 2.55 bits per heavy atom. The van der Waals surface area contributed by atoms with E-state index in [4.69, 9.17) is 0 Å². The minimum absolute atomic E-state index is 0.167. The first kappa shape index (κ1) is 16.0. The maximum absolute atomic E-state index is 12.8. The molecule has 0 atom stereocenters. The number of carbonyl (C=O) groups is 1. The first-order chi connectivity index (χ1) is 10.2. The van der Waals surface area contributed by atoms with Crippen molar-refractivity contribution in [2.24, 2.45) is 0 Å². The molecular formula is C14H15F3N4O. The third-order valence-electron chi connectivity index (χ3n) is 3.01. The molecule has 5 nitrogen and oxygen atoms in total. The van der Waals surface area contributed by atoms with Crippen LogP contribution in [0.15, 0.2) is 24.3 Å². The second-order valence-corrected chi connectivity index (χ2v) is 4.84. The van der Waals surface area contributed by atoms with Gasteiger partial charge in [-0.25, -0.2) is 4.98 Å². The second-order valence-electron chi connectivity index (χ2n) is 4.84. The molecule has 0 spiro atoms. The van der Waals surface area contributed by atoms with E-state index >= 15 is 0 Å². The molecule has 0 fully saturated rings. The monoisotopic (exact) mass is 312 g/mol. The fourth-order valence-corrected chi connectivity index (χ4v) is 1.93. The highest BCUT2D eigenvalue weighted by atomic mass is 19.4. The van der Waals surface area contributed by atoms with Crippen molar-refractivity contribution in [2.45, 2.75) is 19.6 Å². The van der Waals surface area contributed by atoms with E-state index in [0.717, 1.165) is 6.07 Å². The predicted molar refractivity (Wildman–Crippen MR) is 74.2 cm³/mol. The number of halogens is 3. The summed E-state index contributed by atoms with van der Waals surface area (Å²) in [7, 11) is 3.16. The zero-order valence-corrected chi connectivity index (χ0v) is 12.3. The van der Waals surface area contributed by atoms with Crippen molar-refractivity contribution in [2.75, 3.05) is 14.1 Å². The number of pyridine rings is 1. The van der Waals surface area contributed by atoms with Gasteiger partial charge in [-0.3, -0.25) is 9.48 Å². The third-order valence-corrected chi connectivity index (χ3v) is 3.01. The van der Waals surface area contributed by atoms with Crippen LogP contribution in [-0.2, 0) is 12.7 Å². The minimum Gasteiger partial charge on any atom is -0.343 e. The van der Waals surface area contributed by atoms with E-state index in [0.29, 0.717) is 0 Å². The maximum atomic E-state index is 12.8. The molecule has 0 radical (unpaired) electrons. The number of rotatable bonds is 3. The zero-order valence-electron chi connectivity index (χ0n) is 12.3. The lowest BCUT2D eigenvalue weighted by molar-refractivity contribution is -0.141. The number of nitrogens with zero attached hydrogens (tertiary/aromatic N) is 4. The highest BCUT2D eigenvalue weighted by molar-refractivity contribution is 5.92. The Hall–Kier alpha value is -2.38. The maximum Gasteiger partial charge on any atom is 0.435 e. The molecule has 1 amide bonds. The summed E-state index contributed by atoms with van der Waals surface area (Å²) in [6.45, 7) is 1.95. The Morgan fingerprint density at radius 2 is 2.00 bits per heavy atom. The van der Waals surface area contributed by atoms with Crippen LogP contribution in [-0.4, -0.2) is 39.7 Å². The van der Waals surface area contributed by atoms with Gasteiger partial charge in [-0.05, 0) is 25.1 Å². The average molecular weight is 312 g/mol. The SMILES string of the molecule is CCn1nc(C(F)(F)F)cc1-c1cccc(C(=O)N(C)C)n1. The summed E-state index contributed by atoms with van der Waals surface area (Å²) in [5, 5.41) is 3.54. The highest BCUT2D eigenvalue weighted by Crippen LogP contribution is 2.31. The van der Waals surface area contributed by atoms with Gasteiger partial charge in [0.1, 0.15) is 5.69 Å². The van der Waals surface area contributed by atoms with Crippen molar-refractivity contribution >= 4 is 5.91 Å². The molecule has 2 rings (SSSR count). The summed E-state index contributed by atoms with van der Waals surface area (Å²) in [5.41, 5.74) is -0.309. The van der Waals surface area contributed by atoms with E-state index in [-0.39, 0.29) is 29.5 Å². The van der Waals surface area contributed by atoms with Crippen molar-refractivity contribution in [3.8, 4) is 11.4 Å². The third kappa shape index (κ3) is 3.10. The molecule has 22 heavy (non-hydrogen) atoms. The molecule has 8 heteroatoms. The van der Waals surface area contributed by atoms with E-state index < -0.39 is 11.9 Å². The van der Waals surface area contributed by atoms with E-state index in [9.17, 15) is 18.0 Å². The largest absolute Gasteiger partial charge is 0.435 e. The second kappa shape index (κ2) is 5.78. The molecule has 2 aromatic rings. The molecule has 0 saturated carbocycles. The van der Waals surface area contributed by atoms with Crippen LogP contribution in [0.4, 0.5) is 13.2 Å². The fraction of sp³-hybridized carbons (Fsp3) is 0.357. The van der Waals surface area contributed by atoms with Crippen LogP contribution in [0, 0.1) is 0 Å². The molecule has 118 valence electrons.